The van der Waals surface area contributed by atoms with E-state index in [4.69, 9.17) is 18.9 Å². The standard InChI is InChI=1S/C19H26N2O9S/c1-6-31-16-15(29-12(5)24)14(13(28-11(4)23)8-27-10(3)22)30-18(16)21-7-9(2)17(25)20-19(21)26/h7,13-16,18H,6,8H2,1-5H3,(H,20,25,26). The molecule has 0 aliphatic carbocycles. The summed E-state index contributed by atoms with van der Waals surface area (Å²) in [5.74, 6) is -1.25. The van der Waals surface area contributed by atoms with Crippen LogP contribution in [0.4, 0.5) is 0 Å². The molecule has 1 aliphatic heterocycles. The number of hydrogen-bond donors (Lipinski definition) is 1. The number of nitrogens with zero attached hydrogens (tertiary/aromatic N) is 1. The molecule has 5 unspecified atom stereocenters. The first-order chi connectivity index (χ1) is 14.5. The lowest BCUT2D eigenvalue weighted by Gasteiger charge is -2.27. The zero-order valence-electron chi connectivity index (χ0n) is 17.9. The summed E-state index contributed by atoms with van der Waals surface area (Å²) in [6, 6.07) is 0. The Kier molecular flexibility index (Phi) is 8.45. The summed E-state index contributed by atoms with van der Waals surface area (Å²) in [5, 5.41) is -0.572. The topological polar surface area (TPSA) is 143 Å². The zero-order valence-corrected chi connectivity index (χ0v) is 18.7. The van der Waals surface area contributed by atoms with Crippen LogP contribution in [0.15, 0.2) is 15.8 Å². The number of aromatic amines is 1. The molecule has 0 radical (unpaired) electrons. The van der Waals surface area contributed by atoms with Crippen molar-refractivity contribution in [1.29, 1.82) is 0 Å². The summed E-state index contributed by atoms with van der Waals surface area (Å²) in [7, 11) is 0. The molecule has 31 heavy (non-hydrogen) atoms. The number of ether oxygens (including phenoxy) is 4. The maximum absolute atomic E-state index is 12.5. The Balaban J connectivity index is 2.52. The van der Waals surface area contributed by atoms with Crippen LogP contribution >= 0.6 is 11.8 Å². The van der Waals surface area contributed by atoms with Crippen molar-refractivity contribution in [3.63, 3.8) is 0 Å². The van der Waals surface area contributed by atoms with Gasteiger partial charge in [0.15, 0.2) is 12.3 Å². The van der Waals surface area contributed by atoms with E-state index in [-0.39, 0.29) is 12.2 Å². The second-order valence-corrected chi connectivity index (χ2v) is 8.37. The lowest BCUT2D eigenvalue weighted by molar-refractivity contribution is -0.176. The number of carbonyl (C=O) groups excluding carboxylic acids is 3. The highest BCUT2D eigenvalue weighted by molar-refractivity contribution is 7.99. The van der Waals surface area contributed by atoms with Gasteiger partial charge in [-0.15, -0.1) is 0 Å². The fourth-order valence-electron chi connectivity index (χ4n) is 3.27. The van der Waals surface area contributed by atoms with E-state index in [9.17, 15) is 24.0 Å². The molecule has 0 saturated carbocycles. The van der Waals surface area contributed by atoms with Gasteiger partial charge in [0.05, 0.1) is 5.25 Å². The third kappa shape index (κ3) is 6.20. The molecule has 11 nitrogen and oxygen atoms in total. The second kappa shape index (κ2) is 10.6. The van der Waals surface area contributed by atoms with Gasteiger partial charge in [-0.1, -0.05) is 6.92 Å². The molecule has 0 spiro atoms. The molecule has 12 heteroatoms. The first-order valence-corrected chi connectivity index (χ1v) is 10.7. The third-order valence-electron chi connectivity index (χ3n) is 4.44. The van der Waals surface area contributed by atoms with Gasteiger partial charge in [0, 0.05) is 32.5 Å². The number of thioether (sulfide) groups is 1. The minimum Gasteiger partial charge on any atom is -0.462 e. The number of rotatable bonds is 8. The molecule has 2 heterocycles. The Hall–Kier alpha value is -2.60. The molecule has 1 N–H and O–H groups in total. The van der Waals surface area contributed by atoms with Gasteiger partial charge in [0.25, 0.3) is 5.56 Å². The molecule has 0 bridgehead atoms. The minimum atomic E-state index is -1.09. The predicted molar refractivity (Wildman–Crippen MR) is 110 cm³/mol. The molecular weight excluding hydrogens is 432 g/mol. The van der Waals surface area contributed by atoms with E-state index in [1.165, 1.54) is 50.2 Å². The molecule has 1 aromatic heterocycles. The van der Waals surface area contributed by atoms with Crippen LogP contribution in [0.2, 0.25) is 0 Å². The number of aryl methyl sites for hydroxylation is 1. The molecule has 2 rings (SSSR count). The van der Waals surface area contributed by atoms with Gasteiger partial charge in [-0.25, -0.2) is 4.79 Å². The van der Waals surface area contributed by atoms with Crippen molar-refractivity contribution in [1.82, 2.24) is 9.55 Å². The Morgan fingerprint density at radius 2 is 1.87 bits per heavy atom. The summed E-state index contributed by atoms with van der Waals surface area (Å²) >= 11 is 1.37. The van der Waals surface area contributed by atoms with Crippen molar-refractivity contribution in [3.8, 4) is 0 Å². The minimum absolute atomic E-state index is 0.285. The average molecular weight is 458 g/mol. The van der Waals surface area contributed by atoms with Crippen LogP contribution in [-0.4, -0.2) is 63.4 Å². The summed E-state index contributed by atoms with van der Waals surface area (Å²) < 4.78 is 23.1. The van der Waals surface area contributed by atoms with Crippen LogP contribution in [0.5, 0.6) is 0 Å². The molecule has 172 valence electrons. The predicted octanol–water partition coefficient (Wildman–Crippen LogP) is 0.291. The van der Waals surface area contributed by atoms with Gasteiger partial charge in [0.2, 0.25) is 0 Å². The molecular formula is C19H26N2O9S. The Morgan fingerprint density at radius 1 is 1.19 bits per heavy atom. The number of carbonyl (C=O) groups is 3. The van der Waals surface area contributed by atoms with Gasteiger partial charge in [0.1, 0.15) is 18.8 Å². The van der Waals surface area contributed by atoms with Gasteiger partial charge in [-0.05, 0) is 12.7 Å². The van der Waals surface area contributed by atoms with Crippen molar-refractivity contribution >= 4 is 29.7 Å². The van der Waals surface area contributed by atoms with Crippen molar-refractivity contribution < 1.29 is 33.3 Å². The van der Waals surface area contributed by atoms with E-state index in [0.29, 0.717) is 5.75 Å². The number of hydrogen-bond acceptors (Lipinski definition) is 10. The summed E-state index contributed by atoms with van der Waals surface area (Å²) in [6.45, 7) is 6.69. The van der Waals surface area contributed by atoms with Crippen LogP contribution < -0.4 is 11.2 Å². The van der Waals surface area contributed by atoms with Gasteiger partial charge in [-0.2, -0.15) is 11.8 Å². The smallest absolute Gasteiger partial charge is 0.330 e. The molecule has 0 amide bonds. The molecule has 0 aromatic carbocycles. The van der Waals surface area contributed by atoms with Gasteiger partial charge in [-0.3, -0.25) is 28.7 Å². The molecule has 1 aliphatic rings. The zero-order chi connectivity index (χ0) is 23.3. The lowest BCUT2D eigenvalue weighted by atomic mass is 10.1. The number of nitrogens with one attached hydrogen (secondary N) is 1. The van der Waals surface area contributed by atoms with Crippen LogP contribution in [0.25, 0.3) is 0 Å². The highest BCUT2D eigenvalue weighted by atomic mass is 32.2. The Labute approximate surface area is 182 Å². The van der Waals surface area contributed by atoms with Crippen LogP contribution in [0.3, 0.4) is 0 Å². The lowest BCUT2D eigenvalue weighted by Crippen LogP contribution is -2.45. The molecule has 1 saturated heterocycles. The summed E-state index contributed by atoms with van der Waals surface area (Å²) in [4.78, 5) is 61.3. The first kappa shape index (κ1) is 24.7. The maximum Gasteiger partial charge on any atom is 0.330 e. The quantitative estimate of drug-likeness (QED) is 0.426. The molecule has 1 fully saturated rings. The Morgan fingerprint density at radius 3 is 2.42 bits per heavy atom. The van der Waals surface area contributed by atoms with E-state index in [1.807, 2.05) is 6.92 Å². The first-order valence-electron chi connectivity index (χ1n) is 9.62. The maximum atomic E-state index is 12.5. The van der Waals surface area contributed by atoms with E-state index in [1.54, 1.807) is 0 Å². The third-order valence-corrected chi connectivity index (χ3v) is 5.66. The number of esters is 3. The average Bonchev–Trinajstić information content (AvgIpc) is 2.99. The van der Waals surface area contributed by atoms with E-state index >= 15 is 0 Å². The highest BCUT2D eigenvalue weighted by Gasteiger charge is 2.52. The Bertz CT molecular complexity index is 941. The number of H-pyrrole nitrogens is 1. The van der Waals surface area contributed by atoms with Crippen LogP contribution in [-0.2, 0) is 33.3 Å². The van der Waals surface area contributed by atoms with Gasteiger partial charge >= 0.3 is 23.6 Å². The van der Waals surface area contributed by atoms with E-state index < -0.39 is 58.9 Å². The molecule has 1 aromatic rings. The second-order valence-electron chi connectivity index (χ2n) is 6.91. The fraction of sp³-hybridized carbons (Fsp3) is 0.632. The van der Waals surface area contributed by atoms with Crippen LogP contribution in [0.1, 0.15) is 39.5 Å². The van der Waals surface area contributed by atoms with Crippen LogP contribution in [0, 0.1) is 6.92 Å². The monoisotopic (exact) mass is 458 g/mol. The van der Waals surface area contributed by atoms with Crippen molar-refractivity contribution in [3.05, 3.63) is 32.6 Å². The summed E-state index contributed by atoms with van der Waals surface area (Å²) in [6.07, 6.45) is -2.63. The largest absolute Gasteiger partial charge is 0.462 e. The SMILES string of the molecule is CCSC1C(OC(C)=O)C(C(COC(C)=O)OC(C)=O)OC1n1cc(C)c(=O)[nH]c1=O. The number of aromatic nitrogens is 2. The summed E-state index contributed by atoms with van der Waals surface area (Å²) in [5.41, 5.74) is -0.944. The van der Waals surface area contributed by atoms with E-state index in [0.717, 1.165) is 0 Å². The van der Waals surface area contributed by atoms with Crippen molar-refractivity contribution in [2.24, 2.45) is 0 Å². The van der Waals surface area contributed by atoms with Crippen molar-refractivity contribution in [2.75, 3.05) is 12.4 Å². The molecule has 5 atom stereocenters. The van der Waals surface area contributed by atoms with E-state index in [2.05, 4.69) is 4.98 Å². The van der Waals surface area contributed by atoms with Gasteiger partial charge < -0.3 is 18.9 Å². The normalized spacial score (nSPS) is 23.8. The highest BCUT2D eigenvalue weighted by Crippen LogP contribution is 2.40. The fourth-order valence-corrected chi connectivity index (χ4v) is 4.41. The van der Waals surface area contributed by atoms with Crippen molar-refractivity contribution in [2.45, 2.75) is 64.4 Å².